The van der Waals surface area contributed by atoms with Crippen LogP contribution in [0.25, 0.3) is 0 Å². The summed E-state index contributed by atoms with van der Waals surface area (Å²) in [5.74, 6) is 1.06. The van der Waals surface area contributed by atoms with Crippen LogP contribution in [0, 0.1) is 13.8 Å². The number of carbonyl (C=O) groups excluding carboxylic acids is 1. The fourth-order valence-electron chi connectivity index (χ4n) is 4.16. The van der Waals surface area contributed by atoms with Gasteiger partial charge in [-0.3, -0.25) is 9.69 Å². The van der Waals surface area contributed by atoms with E-state index < -0.39 is 0 Å². The SMILES string of the molecule is Cc1noc(C)c1CN1CCc2c(C(=O)N3C[C@@H](C)O[C@@H](C)C3)csc2C1. The molecule has 0 radical (unpaired) electrons. The van der Waals surface area contributed by atoms with E-state index in [2.05, 4.69) is 15.4 Å². The number of ether oxygens (including phenoxy) is 1. The van der Waals surface area contributed by atoms with E-state index in [9.17, 15) is 4.79 Å². The summed E-state index contributed by atoms with van der Waals surface area (Å²) in [4.78, 5) is 18.8. The van der Waals surface area contributed by atoms with Crippen molar-refractivity contribution in [2.75, 3.05) is 19.6 Å². The van der Waals surface area contributed by atoms with Gasteiger partial charge in [0.2, 0.25) is 0 Å². The van der Waals surface area contributed by atoms with Crippen LogP contribution in [-0.4, -0.2) is 52.7 Å². The minimum Gasteiger partial charge on any atom is -0.372 e. The number of thiophene rings is 1. The molecule has 0 aromatic carbocycles. The Kier molecular flexibility index (Phi) is 5.09. The molecule has 1 fully saturated rings. The Morgan fingerprint density at radius 3 is 2.70 bits per heavy atom. The number of hydrogen-bond acceptors (Lipinski definition) is 6. The second-order valence-electron chi connectivity index (χ2n) is 7.78. The van der Waals surface area contributed by atoms with Crippen LogP contribution in [0.1, 0.15) is 51.7 Å². The molecule has 0 N–H and O–H groups in total. The zero-order chi connectivity index (χ0) is 19.1. The number of fused-ring (bicyclic) bond motifs is 1. The van der Waals surface area contributed by atoms with E-state index >= 15 is 0 Å². The number of aryl methyl sites for hydroxylation is 2. The standard InChI is InChI=1S/C20H27N3O3S/c1-12-7-23(8-13(2)25-12)20(24)18-11-27-19-10-22(6-5-16(18)19)9-17-14(3)21-26-15(17)4/h11-13H,5-10H2,1-4H3/t12-,13+. The Bertz CT molecular complexity index is 814. The summed E-state index contributed by atoms with van der Waals surface area (Å²) in [5.41, 5.74) is 4.29. The molecule has 1 amide bonds. The summed E-state index contributed by atoms with van der Waals surface area (Å²) >= 11 is 1.71. The lowest BCUT2D eigenvalue weighted by Crippen LogP contribution is -2.48. The predicted octanol–water partition coefficient (Wildman–Crippen LogP) is 3.16. The molecule has 6 nitrogen and oxygen atoms in total. The number of morpholine rings is 1. The number of nitrogens with zero attached hydrogens (tertiary/aromatic N) is 3. The van der Waals surface area contributed by atoms with Gasteiger partial charge in [-0.15, -0.1) is 11.3 Å². The van der Waals surface area contributed by atoms with Gasteiger partial charge in [0.1, 0.15) is 5.76 Å². The van der Waals surface area contributed by atoms with Crippen molar-refractivity contribution in [3.8, 4) is 0 Å². The number of aromatic nitrogens is 1. The lowest BCUT2D eigenvalue weighted by molar-refractivity contribution is -0.0586. The predicted molar refractivity (Wildman–Crippen MR) is 104 cm³/mol. The van der Waals surface area contributed by atoms with Gasteiger partial charge in [-0.1, -0.05) is 5.16 Å². The van der Waals surface area contributed by atoms with E-state index in [-0.39, 0.29) is 18.1 Å². The lowest BCUT2D eigenvalue weighted by atomic mass is 10.0. The van der Waals surface area contributed by atoms with Crippen molar-refractivity contribution in [2.24, 2.45) is 0 Å². The second-order valence-corrected chi connectivity index (χ2v) is 8.75. The van der Waals surface area contributed by atoms with E-state index in [0.717, 1.165) is 43.1 Å². The summed E-state index contributed by atoms with van der Waals surface area (Å²) < 4.78 is 11.1. The maximum atomic E-state index is 13.1. The zero-order valence-corrected chi connectivity index (χ0v) is 17.3. The highest BCUT2D eigenvalue weighted by Crippen LogP contribution is 2.31. The van der Waals surface area contributed by atoms with Crippen molar-refractivity contribution < 1.29 is 14.1 Å². The largest absolute Gasteiger partial charge is 0.372 e. The van der Waals surface area contributed by atoms with E-state index in [4.69, 9.17) is 9.26 Å². The average molecular weight is 390 g/mol. The van der Waals surface area contributed by atoms with Crippen molar-refractivity contribution in [3.05, 3.63) is 38.4 Å². The third kappa shape index (κ3) is 3.68. The third-order valence-corrected chi connectivity index (χ3v) is 6.54. The summed E-state index contributed by atoms with van der Waals surface area (Å²) in [6.07, 6.45) is 1.11. The number of rotatable bonds is 3. The summed E-state index contributed by atoms with van der Waals surface area (Å²) in [6.45, 7) is 12.1. The molecule has 2 aliphatic rings. The van der Waals surface area contributed by atoms with E-state index in [1.54, 1.807) is 11.3 Å². The first-order valence-corrected chi connectivity index (χ1v) is 10.5. The van der Waals surface area contributed by atoms with Crippen LogP contribution in [-0.2, 0) is 24.2 Å². The van der Waals surface area contributed by atoms with Gasteiger partial charge in [0.15, 0.2) is 0 Å². The highest BCUT2D eigenvalue weighted by molar-refractivity contribution is 7.10. The molecule has 2 atom stereocenters. The van der Waals surface area contributed by atoms with Crippen LogP contribution in [0.3, 0.4) is 0 Å². The van der Waals surface area contributed by atoms with Crippen LogP contribution in [0.15, 0.2) is 9.90 Å². The highest BCUT2D eigenvalue weighted by atomic mass is 32.1. The number of hydrogen-bond donors (Lipinski definition) is 0. The molecule has 2 aliphatic heterocycles. The van der Waals surface area contributed by atoms with Gasteiger partial charge in [0.25, 0.3) is 5.91 Å². The van der Waals surface area contributed by atoms with Gasteiger partial charge in [-0.05, 0) is 39.7 Å². The topological polar surface area (TPSA) is 58.8 Å². The van der Waals surface area contributed by atoms with Gasteiger partial charge in [-0.25, -0.2) is 0 Å². The van der Waals surface area contributed by atoms with Crippen LogP contribution in [0.5, 0.6) is 0 Å². The molecule has 4 rings (SSSR count). The van der Waals surface area contributed by atoms with Crippen LogP contribution >= 0.6 is 11.3 Å². The first-order chi connectivity index (χ1) is 12.9. The van der Waals surface area contributed by atoms with Crippen LogP contribution in [0.4, 0.5) is 0 Å². The van der Waals surface area contributed by atoms with Gasteiger partial charge in [-0.2, -0.15) is 0 Å². The van der Waals surface area contributed by atoms with Gasteiger partial charge in [0.05, 0.1) is 23.5 Å². The fraction of sp³-hybridized carbons (Fsp3) is 0.600. The van der Waals surface area contributed by atoms with Crippen molar-refractivity contribution in [1.29, 1.82) is 0 Å². The molecular weight excluding hydrogens is 362 g/mol. The Morgan fingerprint density at radius 2 is 2.04 bits per heavy atom. The van der Waals surface area contributed by atoms with Crippen molar-refractivity contribution >= 4 is 17.2 Å². The molecule has 7 heteroatoms. The normalized spacial score (nSPS) is 23.5. The van der Waals surface area contributed by atoms with Gasteiger partial charge in [0, 0.05) is 48.5 Å². The molecule has 0 aliphatic carbocycles. The third-order valence-electron chi connectivity index (χ3n) is 5.53. The van der Waals surface area contributed by atoms with Crippen molar-refractivity contribution in [3.63, 3.8) is 0 Å². The minimum atomic E-state index is 0.0951. The maximum Gasteiger partial charge on any atom is 0.255 e. The minimum absolute atomic E-state index is 0.0951. The Labute approximate surface area is 164 Å². The van der Waals surface area contributed by atoms with E-state index in [1.165, 1.54) is 16.0 Å². The zero-order valence-electron chi connectivity index (χ0n) is 16.4. The molecule has 27 heavy (non-hydrogen) atoms. The smallest absolute Gasteiger partial charge is 0.255 e. The molecule has 4 heterocycles. The molecule has 2 aromatic heterocycles. The van der Waals surface area contributed by atoms with Crippen LogP contribution < -0.4 is 0 Å². The Hall–Kier alpha value is -1.70. The molecule has 0 unspecified atom stereocenters. The first kappa shape index (κ1) is 18.7. The first-order valence-electron chi connectivity index (χ1n) is 9.60. The van der Waals surface area contributed by atoms with E-state index in [1.807, 2.05) is 32.6 Å². The second kappa shape index (κ2) is 7.37. The molecule has 0 spiro atoms. The molecule has 1 saturated heterocycles. The average Bonchev–Trinajstić information content (AvgIpc) is 3.18. The Morgan fingerprint density at radius 1 is 1.30 bits per heavy atom. The maximum absolute atomic E-state index is 13.1. The van der Waals surface area contributed by atoms with Crippen LogP contribution in [0.2, 0.25) is 0 Å². The quantitative estimate of drug-likeness (QED) is 0.807. The Balaban J connectivity index is 1.48. The fourth-order valence-corrected chi connectivity index (χ4v) is 5.28. The monoisotopic (exact) mass is 389 g/mol. The molecule has 0 bridgehead atoms. The molecular formula is C20H27N3O3S. The van der Waals surface area contributed by atoms with Gasteiger partial charge < -0.3 is 14.2 Å². The summed E-state index contributed by atoms with van der Waals surface area (Å²) in [6, 6.07) is 0. The highest BCUT2D eigenvalue weighted by Gasteiger charge is 2.31. The number of amides is 1. The number of carbonyl (C=O) groups is 1. The molecule has 2 aromatic rings. The lowest BCUT2D eigenvalue weighted by Gasteiger charge is -2.35. The summed E-state index contributed by atoms with van der Waals surface area (Å²) in [5, 5.41) is 6.11. The molecule has 0 saturated carbocycles. The van der Waals surface area contributed by atoms with Gasteiger partial charge >= 0.3 is 0 Å². The van der Waals surface area contributed by atoms with Crippen molar-refractivity contribution in [2.45, 2.75) is 59.4 Å². The van der Waals surface area contributed by atoms with Crippen molar-refractivity contribution in [1.82, 2.24) is 15.0 Å². The summed E-state index contributed by atoms with van der Waals surface area (Å²) in [7, 11) is 0. The molecule has 146 valence electrons. The van der Waals surface area contributed by atoms with E-state index in [0.29, 0.717) is 13.1 Å².